The molecule has 4 unspecified atom stereocenters. The molecular formula is C41H77NO5. The molecule has 6 nitrogen and oxygen atoms in total. The Labute approximate surface area is 290 Å². The van der Waals surface area contributed by atoms with Crippen molar-refractivity contribution in [2.45, 2.75) is 212 Å². The Kier molecular flexibility index (Phi) is 34.7. The van der Waals surface area contributed by atoms with Crippen LogP contribution in [0.4, 0.5) is 0 Å². The SMILES string of the molecule is C/C=C/CC/C=C/CC/C=C/CCCC(O)C(O)C(CO)NC(=O)C(O)CCCCCCCCCCCCCCCCCCCCC. The smallest absolute Gasteiger partial charge is 0.249 e. The Morgan fingerprint density at radius 2 is 0.957 bits per heavy atom. The summed E-state index contributed by atoms with van der Waals surface area (Å²) in [6.07, 6.45) is 40.4. The summed E-state index contributed by atoms with van der Waals surface area (Å²) >= 11 is 0. The van der Waals surface area contributed by atoms with E-state index in [0.717, 1.165) is 51.4 Å². The minimum absolute atomic E-state index is 0.361. The average molecular weight is 664 g/mol. The lowest BCUT2D eigenvalue weighted by molar-refractivity contribution is -0.132. The molecule has 0 aromatic heterocycles. The summed E-state index contributed by atoms with van der Waals surface area (Å²) in [5.74, 6) is -0.600. The predicted molar refractivity (Wildman–Crippen MR) is 200 cm³/mol. The van der Waals surface area contributed by atoms with Gasteiger partial charge in [-0.25, -0.2) is 0 Å². The minimum atomic E-state index is -1.29. The summed E-state index contributed by atoms with van der Waals surface area (Å²) < 4.78 is 0. The molecule has 0 fully saturated rings. The van der Waals surface area contributed by atoms with Gasteiger partial charge in [-0.3, -0.25) is 4.79 Å². The molecule has 0 heterocycles. The first-order valence-electron chi connectivity index (χ1n) is 19.8. The molecule has 0 aliphatic rings. The van der Waals surface area contributed by atoms with Gasteiger partial charge in [0.2, 0.25) is 5.91 Å². The topological polar surface area (TPSA) is 110 Å². The third-order valence-corrected chi connectivity index (χ3v) is 9.15. The van der Waals surface area contributed by atoms with E-state index in [1.807, 2.05) is 6.92 Å². The van der Waals surface area contributed by atoms with Crippen LogP contribution in [0, 0.1) is 0 Å². The second kappa shape index (κ2) is 35.8. The lowest BCUT2D eigenvalue weighted by Gasteiger charge is -2.27. The Hall–Kier alpha value is -1.47. The van der Waals surface area contributed by atoms with Crippen LogP contribution in [0.5, 0.6) is 0 Å². The highest BCUT2D eigenvalue weighted by molar-refractivity contribution is 5.80. The average Bonchev–Trinajstić information content (AvgIpc) is 3.07. The Morgan fingerprint density at radius 3 is 1.38 bits per heavy atom. The molecule has 0 aliphatic heterocycles. The van der Waals surface area contributed by atoms with E-state index in [1.54, 1.807) is 0 Å². The van der Waals surface area contributed by atoms with Crippen LogP contribution >= 0.6 is 0 Å². The molecule has 0 bridgehead atoms. The molecule has 5 N–H and O–H groups in total. The van der Waals surface area contributed by atoms with E-state index in [0.29, 0.717) is 19.3 Å². The normalized spacial score (nSPS) is 14.8. The summed E-state index contributed by atoms with van der Waals surface area (Å²) in [5.41, 5.74) is 0. The Bertz CT molecular complexity index is 752. The lowest BCUT2D eigenvalue weighted by atomic mass is 10.00. The van der Waals surface area contributed by atoms with E-state index in [4.69, 9.17) is 0 Å². The van der Waals surface area contributed by atoms with E-state index < -0.39 is 36.9 Å². The molecule has 0 spiro atoms. The Balaban J connectivity index is 3.78. The summed E-state index contributed by atoms with van der Waals surface area (Å²) in [6, 6.07) is -1.01. The molecule has 0 saturated heterocycles. The van der Waals surface area contributed by atoms with Crippen molar-refractivity contribution in [3.8, 4) is 0 Å². The van der Waals surface area contributed by atoms with Crippen molar-refractivity contribution in [3.63, 3.8) is 0 Å². The summed E-state index contributed by atoms with van der Waals surface area (Å²) in [4.78, 5) is 12.5. The zero-order chi connectivity index (χ0) is 34.6. The molecule has 0 saturated carbocycles. The number of aliphatic hydroxyl groups excluding tert-OH is 4. The maximum Gasteiger partial charge on any atom is 0.249 e. The molecular weight excluding hydrogens is 586 g/mol. The summed E-state index contributed by atoms with van der Waals surface area (Å²) in [5, 5.41) is 43.4. The molecule has 47 heavy (non-hydrogen) atoms. The number of unbranched alkanes of at least 4 members (excludes halogenated alkanes) is 21. The van der Waals surface area contributed by atoms with Crippen LogP contribution < -0.4 is 5.32 Å². The fourth-order valence-electron chi connectivity index (χ4n) is 5.97. The number of nitrogens with one attached hydrogen (secondary N) is 1. The highest BCUT2D eigenvalue weighted by Crippen LogP contribution is 2.16. The van der Waals surface area contributed by atoms with Crippen molar-refractivity contribution >= 4 is 5.91 Å². The zero-order valence-corrected chi connectivity index (χ0v) is 30.8. The van der Waals surface area contributed by atoms with Crippen molar-refractivity contribution in [1.82, 2.24) is 5.32 Å². The number of carbonyl (C=O) groups excluding carboxylic acids is 1. The van der Waals surface area contributed by atoms with E-state index in [-0.39, 0.29) is 0 Å². The fourth-order valence-corrected chi connectivity index (χ4v) is 5.97. The van der Waals surface area contributed by atoms with Gasteiger partial charge in [0.05, 0.1) is 18.8 Å². The third-order valence-electron chi connectivity index (χ3n) is 9.15. The van der Waals surface area contributed by atoms with Crippen molar-refractivity contribution < 1.29 is 25.2 Å². The van der Waals surface area contributed by atoms with E-state index >= 15 is 0 Å². The van der Waals surface area contributed by atoms with Crippen molar-refractivity contribution in [1.29, 1.82) is 0 Å². The van der Waals surface area contributed by atoms with Crippen LogP contribution in [0.25, 0.3) is 0 Å². The van der Waals surface area contributed by atoms with Gasteiger partial charge in [-0.15, -0.1) is 0 Å². The molecule has 4 atom stereocenters. The molecule has 0 rings (SSSR count). The van der Waals surface area contributed by atoms with Crippen molar-refractivity contribution in [3.05, 3.63) is 36.5 Å². The number of carbonyl (C=O) groups is 1. The summed E-state index contributed by atoms with van der Waals surface area (Å²) in [7, 11) is 0. The third kappa shape index (κ3) is 30.3. The van der Waals surface area contributed by atoms with E-state index in [9.17, 15) is 25.2 Å². The van der Waals surface area contributed by atoms with Gasteiger partial charge < -0.3 is 25.7 Å². The lowest BCUT2D eigenvalue weighted by Crippen LogP contribution is -2.53. The number of aliphatic hydroxyl groups is 4. The highest BCUT2D eigenvalue weighted by atomic mass is 16.3. The van der Waals surface area contributed by atoms with Gasteiger partial charge >= 0.3 is 0 Å². The maximum atomic E-state index is 12.5. The zero-order valence-electron chi connectivity index (χ0n) is 30.8. The predicted octanol–water partition coefficient (Wildman–Crippen LogP) is 9.79. The number of allylic oxidation sites excluding steroid dienone is 6. The van der Waals surface area contributed by atoms with Crippen LogP contribution in [0.2, 0.25) is 0 Å². The van der Waals surface area contributed by atoms with Crippen LogP contribution in [0.3, 0.4) is 0 Å². The first-order valence-corrected chi connectivity index (χ1v) is 19.8. The van der Waals surface area contributed by atoms with Crippen LogP contribution in [0.15, 0.2) is 36.5 Å². The van der Waals surface area contributed by atoms with Gasteiger partial charge in [-0.05, 0) is 58.3 Å². The fraction of sp³-hybridized carbons (Fsp3) is 0.829. The minimum Gasteiger partial charge on any atom is -0.394 e. The highest BCUT2D eigenvalue weighted by Gasteiger charge is 2.28. The van der Waals surface area contributed by atoms with Gasteiger partial charge in [0.25, 0.3) is 0 Å². The second-order valence-electron chi connectivity index (χ2n) is 13.6. The molecule has 1 amide bonds. The maximum absolute atomic E-state index is 12.5. The van der Waals surface area contributed by atoms with Crippen LogP contribution in [-0.2, 0) is 4.79 Å². The standard InChI is InChI=1S/C41H77NO5/c1-3-5-7-9-11-13-15-17-18-19-20-21-22-23-25-27-29-31-33-35-39(45)41(47)42-37(36-43)40(46)38(44)34-32-30-28-26-24-16-14-12-10-8-6-4-2/h4,6,12,14,26,28,37-40,43-46H,3,5,7-11,13,15-25,27,29-36H2,1-2H3,(H,42,47)/b6-4+,14-12+,28-26+. The van der Waals surface area contributed by atoms with Gasteiger partial charge in [-0.1, -0.05) is 165 Å². The molecule has 0 radical (unpaired) electrons. The van der Waals surface area contributed by atoms with Crippen LogP contribution in [0.1, 0.15) is 187 Å². The van der Waals surface area contributed by atoms with Crippen molar-refractivity contribution in [2.75, 3.05) is 6.61 Å². The molecule has 276 valence electrons. The number of hydrogen-bond donors (Lipinski definition) is 5. The first kappa shape index (κ1) is 45.5. The van der Waals surface area contributed by atoms with Crippen LogP contribution in [-0.4, -0.2) is 57.3 Å². The van der Waals surface area contributed by atoms with Gasteiger partial charge in [0.1, 0.15) is 12.2 Å². The van der Waals surface area contributed by atoms with E-state index in [2.05, 4.69) is 48.7 Å². The number of amides is 1. The largest absolute Gasteiger partial charge is 0.394 e. The Morgan fingerprint density at radius 1 is 0.553 bits per heavy atom. The first-order chi connectivity index (χ1) is 23.0. The van der Waals surface area contributed by atoms with Gasteiger partial charge in [0.15, 0.2) is 0 Å². The molecule has 0 aromatic carbocycles. The second-order valence-corrected chi connectivity index (χ2v) is 13.6. The summed E-state index contributed by atoms with van der Waals surface area (Å²) in [6.45, 7) is 3.81. The number of rotatable bonds is 35. The molecule has 6 heteroatoms. The van der Waals surface area contributed by atoms with E-state index in [1.165, 1.54) is 103 Å². The number of hydrogen-bond acceptors (Lipinski definition) is 5. The van der Waals surface area contributed by atoms with Crippen molar-refractivity contribution in [2.24, 2.45) is 0 Å². The molecule has 0 aliphatic carbocycles. The van der Waals surface area contributed by atoms with Gasteiger partial charge in [0, 0.05) is 0 Å². The quantitative estimate of drug-likeness (QED) is 0.0343. The van der Waals surface area contributed by atoms with Gasteiger partial charge in [-0.2, -0.15) is 0 Å². The molecule has 0 aromatic rings. The monoisotopic (exact) mass is 664 g/mol.